The average Bonchev–Trinajstić information content (AvgIpc) is 3.05. The van der Waals surface area contributed by atoms with Crippen molar-refractivity contribution in [2.45, 2.75) is 6.54 Å². The van der Waals surface area contributed by atoms with Crippen molar-refractivity contribution in [3.05, 3.63) is 48.0 Å². The molecule has 0 unspecified atom stereocenters. The maximum Gasteiger partial charge on any atom is 0.248 e. The van der Waals surface area contributed by atoms with Crippen molar-refractivity contribution in [1.29, 1.82) is 0 Å². The molecule has 0 fully saturated rings. The van der Waals surface area contributed by atoms with Crippen LogP contribution in [-0.2, 0) is 6.54 Å². The Hall–Kier alpha value is -3.22. The predicted molar refractivity (Wildman–Crippen MR) is 91.5 cm³/mol. The first-order valence-electron chi connectivity index (χ1n) is 7.57. The molecule has 7 nitrogen and oxygen atoms in total. The van der Waals surface area contributed by atoms with Gasteiger partial charge in [-0.05, 0) is 23.8 Å². The third-order valence-electron chi connectivity index (χ3n) is 3.92. The molecule has 0 saturated carbocycles. The summed E-state index contributed by atoms with van der Waals surface area (Å²) >= 11 is 0. The molecule has 2 aromatic carbocycles. The zero-order valence-corrected chi connectivity index (χ0v) is 13.4. The summed E-state index contributed by atoms with van der Waals surface area (Å²) in [4.78, 5) is 4.51. The molecule has 4 rings (SSSR count). The van der Waals surface area contributed by atoms with Gasteiger partial charge in [-0.1, -0.05) is 18.2 Å². The number of hydrogen-bond acceptors (Lipinski definition) is 6. The lowest BCUT2D eigenvalue weighted by molar-refractivity contribution is 0.395. The zero-order valence-electron chi connectivity index (χ0n) is 13.4. The molecule has 1 aliphatic rings. The van der Waals surface area contributed by atoms with E-state index >= 15 is 0 Å². The number of aromatic nitrogens is 3. The van der Waals surface area contributed by atoms with Crippen LogP contribution in [0.15, 0.2) is 42.5 Å². The van der Waals surface area contributed by atoms with E-state index in [4.69, 9.17) is 9.47 Å². The average molecular weight is 323 g/mol. The summed E-state index contributed by atoms with van der Waals surface area (Å²) in [7, 11) is 3.24. The Labute approximate surface area is 139 Å². The van der Waals surface area contributed by atoms with Crippen LogP contribution >= 0.6 is 0 Å². The van der Waals surface area contributed by atoms with Gasteiger partial charge in [-0.3, -0.25) is 0 Å². The van der Waals surface area contributed by atoms with E-state index in [-0.39, 0.29) is 0 Å². The lowest BCUT2D eigenvalue weighted by atomic mass is 10.1. The molecule has 3 aromatic rings. The van der Waals surface area contributed by atoms with Gasteiger partial charge in [0, 0.05) is 12.6 Å². The van der Waals surface area contributed by atoms with E-state index in [0.717, 1.165) is 23.7 Å². The molecule has 2 N–H and O–H groups in total. The van der Waals surface area contributed by atoms with E-state index in [9.17, 15) is 0 Å². The van der Waals surface area contributed by atoms with Crippen LogP contribution in [0.1, 0.15) is 5.56 Å². The van der Waals surface area contributed by atoms with Crippen molar-refractivity contribution in [1.82, 2.24) is 14.8 Å². The normalized spacial score (nSPS) is 11.9. The molecule has 1 aliphatic heterocycles. The number of fused-ring (bicyclic) bond motifs is 3. The first kappa shape index (κ1) is 14.4. The number of hydrogen-bond donors (Lipinski definition) is 2. The van der Waals surface area contributed by atoms with E-state index < -0.39 is 0 Å². The SMILES string of the molecule is COc1ccc(Nc2nc3n(n2)-c2ccccc2CN3)c(OC)c1. The van der Waals surface area contributed by atoms with Crippen LogP contribution in [0.5, 0.6) is 11.5 Å². The van der Waals surface area contributed by atoms with Gasteiger partial charge in [0.1, 0.15) is 11.5 Å². The van der Waals surface area contributed by atoms with Crippen molar-refractivity contribution in [3.8, 4) is 17.2 Å². The lowest BCUT2D eigenvalue weighted by Crippen LogP contribution is -2.15. The second kappa shape index (κ2) is 5.77. The molecule has 0 saturated heterocycles. The highest BCUT2D eigenvalue weighted by atomic mass is 16.5. The van der Waals surface area contributed by atoms with E-state index in [1.807, 2.05) is 36.4 Å². The number of ether oxygens (including phenoxy) is 2. The minimum Gasteiger partial charge on any atom is -0.497 e. The number of methoxy groups -OCH3 is 2. The topological polar surface area (TPSA) is 73.2 Å². The second-order valence-electron chi connectivity index (χ2n) is 5.34. The van der Waals surface area contributed by atoms with Gasteiger partial charge in [0.05, 0.1) is 25.6 Å². The van der Waals surface area contributed by atoms with Crippen LogP contribution in [0.3, 0.4) is 0 Å². The minimum absolute atomic E-state index is 0.498. The fourth-order valence-corrected chi connectivity index (χ4v) is 2.71. The number of nitrogens with one attached hydrogen (secondary N) is 2. The summed E-state index contributed by atoms with van der Waals surface area (Å²) in [5.41, 5.74) is 2.99. The van der Waals surface area contributed by atoms with E-state index in [1.165, 1.54) is 5.56 Å². The zero-order chi connectivity index (χ0) is 16.5. The molecule has 1 aromatic heterocycles. The van der Waals surface area contributed by atoms with Crippen LogP contribution in [-0.4, -0.2) is 29.0 Å². The number of anilines is 3. The molecule has 0 atom stereocenters. The molecule has 0 amide bonds. The molecule has 0 bridgehead atoms. The quantitative estimate of drug-likeness (QED) is 0.769. The summed E-state index contributed by atoms with van der Waals surface area (Å²) in [6, 6.07) is 13.7. The Morgan fingerprint density at radius 2 is 2.00 bits per heavy atom. The molecule has 24 heavy (non-hydrogen) atoms. The van der Waals surface area contributed by atoms with Crippen LogP contribution in [0.4, 0.5) is 17.6 Å². The minimum atomic E-state index is 0.498. The van der Waals surface area contributed by atoms with Gasteiger partial charge in [-0.25, -0.2) is 0 Å². The first-order valence-corrected chi connectivity index (χ1v) is 7.57. The highest BCUT2D eigenvalue weighted by Gasteiger charge is 2.19. The Morgan fingerprint density at radius 3 is 2.83 bits per heavy atom. The molecule has 0 radical (unpaired) electrons. The predicted octanol–water partition coefficient (Wildman–Crippen LogP) is 2.95. The van der Waals surface area contributed by atoms with Crippen molar-refractivity contribution >= 4 is 17.6 Å². The fourth-order valence-electron chi connectivity index (χ4n) is 2.71. The second-order valence-corrected chi connectivity index (χ2v) is 5.34. The summed E-state index contributed by atoms with van der Waals surface area (Å²) in [5.74, 6) is 2.60. The Bertz CT molecular complexity index is 890. The van der Waals surface area contributed by atoms with Crippen LogP contribution in [0.2, 0.25) is 0 Å². The largest absolute Gasteiger partial charge is 0.497 e. The van der Waals surface area contributed by atoms with Gasteiger partial charge in [-0.15, -0.1) is 5.10 Å². The van der Waals surface area contributed by atoms with Crippen LogP contribution in [0, 0.1) is 0 Å². The van der Waals surface area contributed by atoms with Gasteiger partial charge < -0.3 is 20.1 Å². The van der Waals surface area contributed by atoms with E-state index in [2.05, 4.69) is 26.8 Å². The first-order chi connectivity index (χ1) is 11.8. The van der Waals surface area contributed by atoms with Gasteiger partial charge in [0.2, 0.25) is 11.9 Å². The van der Waals surface area contributed by atoms with Gasteiger partial charge in [0.15, 0.2) is 0 Å². The summed E-state index contributed by atoms with van der Waals surface area (Å²) in [6.07, 6.45) is 0. The van der Waals surface area contributed by atoms with Crippen molar-refractivity contribution in [2.24, 2.45) is 0 Å². The third-order valence-corrected chi connectivity index (χ3v) is 3.92. The molecule has 2 heterocycles. The molecule has 7 heteroatoms. The van der Waals surface area contributed by atoms with Gasteiger partial charge in [-0.2, -0.15) is 9.67 Å². The Balaban J connectivity index is 1.67. The number of rotatable bonds is 4. The number of para-hydroxylation sites is 1. The van der Waals surface area contributed by atoms with Crippen LogP contribution in [0.25, 0.3) is 5.69 Å². The van der Waals surface area contributed by atoms with Crippen LogP contribution < -0.4 is 20.1 Å². The molecular weight excluding hydrogens is 306 g/mol. The van der Waals surface area contributed by atoms with E-state index in [0.29, 0.717) is 17.6 Å². The van der Waals surface area contributed by atoms with Crippen molar-refractivity contribution < 1.29 is 9.47 Å². The highest BCUT2D eigenvalue weighted by Crippen LogP contribution is 2.32. The number of benzene rings is 2. The molecule has 0 spiro atoms. The fraction of sp³-hybridized carbons (Fsp3) is 0.176. The molecule has 122 valence electrons. The summed E-state index contributed by atoms with van der Waals surface area (Å²) < 4.78 is 12.4. The summed E-state index contributed by atoms with van der Waals surface area (Å²) in [6.45, 7) is 0.736. The maximum atomic E-state index is 5.40. The van der Waals surface area contributed by atoms with Gasteiger partial charge in [0.25, 0.3) is 0 Å². The Morgan fingerprint density at radius 1 is 1.12 bits per heavy atom. The standard InChI is InChI=1S/C17H17N5O2/c1-23-12-7-8-13(15(9-12)24-2)19-16-20-17-18-10-11-5-3-4-6-14(11)22(17)21-16/h3-9H,10H2,1-2H3,(H2,18,19,20,21). The highest BCUT2D eigenvalue weighted by molar-refractivity contribution is 5.65. The number of nitrogens with zero attached hydrogens (tertiary/aromatic N) is 3. The smallest absolute Gasteiger partial charge is 0.248 e. The van der Waals surface area contributed by atoms with Crippen molar-refractivity contribution in [3.63, 3.8) is 0 Å². The Kier molecular flexibility index (Phi) is 3.45. The van der Waals surface area contributed by atoms with Gasteiger partial charge >= 0.3 is 0 Å². The van der Waals surface area contributed by atoms with E-state index in [1.54, 1.807) is 18.9 Å². The lowest BCUT2D eigenvalue weighted by Gasteiger charge is -2.17. The van der Waals surface area contributed by atoms with Crippen molar-refractivity contribution in [2.75, 3.05) is 24.9 Å². The molecule has 0 aliphatic carbocycles. The summed E-state index contributed by atoms with van der Waals surface area (Å²) in [5, 5.41) is 11.0. The monoisotopic (exact) mass is 323 g/mol. The third kappa shape index (κ3) is 2.40. The maximum absolute atomic E-state index is 5.40. The molecular formula is C17H17N5O2.